The van der Waals surface area contributed by atoms with Crippen LogP contribution < -0.4 is 5.73 Å². The molecule has 0 saturated heterocycles. The summed E-state index contributed by atoms with van der Waals surface area (Å²) in [5.41, 5.74) is 7.50. The Labute approximate surface area is 110 Å². The summed E-state index contributed by atoms with van der Waals surface area (Å²) in [4.78, 5) is 15.9. The van der Waals surface area contributed by atoms with Gasteiger partial charge < -0.3 is 10.5 Å². The minimum atomic E-state index is -0.495. The molecule has 0 atom stereocenters. The number of carbonyl (C=O) groups is 1. The van der Waals surface area contributed by atoms with Crippen LogP contribution in [0.25, 0.3) is 11.3 Å². The molecule has 19 heavy (non-hydrogen) atoms. The molecule has 5 heteroatoms. The Balaban J connectivity index is 2.63. The van der Waals surface area contributed by atoms with Gasteiger partial charge in [-0.3, -0.25) is 0 Å². The molecule has 0 bridgehead atoms. The van der Waals surface area contributed by atoms with Gasteiger partial charge in [0.05, 0.1) is 30.0 Å². The second-order valence-corrected chi connectivity index (χ2v) is 3.82. The van der Waals surface area contributed by atoms with Crippen molar-refractivity contribution in [2.45, 2.75) is 0 Å². The zero-order valence-corrected chi connectivity index (χ0v) is 10.3. The van der Waals surface area contributed by atoms with E-state index in [1.54, 1.807) is 30.3 Å². The van der Waals surface area contributed by atoms with Crippen molar-refractivity contribution in [2.24, 2.45) is 0 Å². The van der Waals surface area contributed by atoms with Crippen molar-refractivity contribution in [3.8, 4) is 17.3 Å². The highest BCUT2D eigenvalue weighted by Gasteiger charge is 2.15. The van der Waals surface area contributed by atoms with Gasteiger partial charge in [-0.15, -0.1) is 0 Å². The van der Waals surface area contributed by atoms with E-state index in [1.165, 1.54) is 13.2 Å². The average molecular weight is 253 g/mol. The molecule has 1 heterocycles. The van der Waals surface area contributed by atoms with E-state index in [2.05, 4.69) is 4.98 Å². The second kappa shape index (κ2) is 5.19. The summed E-state index contributed by atoms with van der Waals surface area (Å²) in [6, 6.07) is 11.9. The second-order valence-electron chi connectivity index (χ2n) is 3.82. The fraction of sp³-hybridized carbons (Fsp3) is 0.0714. The van der Waals surface area contributed by atoms with Crippen molar-refractivity contribution in [2.75, 3.05) is 12.8 Å². The molecule has 2 rings (SSSR count). The summed E-state index contributed by atoms with van der Waals surface area (Å²) in [5.74, 6) is -0.199. The van der Waals surface area contributed by atoms with Crippen LogP contribution in [-0.2, 0) is 4.74 Å². The van der Waals surface area contributed by atoms with E-state index in [9.17, 15) is 4.79 Å². The monoisotopic (exact) mass is 253 g/mol. The standard InChI is InChI=1S/C14H11N3O2/c1-19-14(18)11-5-6-12(16)17-13(11)10-4-2-3-9(7-10)8-15/h2-7H,1H3,(H2,16,17). The SMILES string of the molecule is COC(=O)c1ccc(N)nc1-c1cccc(C#N)c1. The van der Waals surface area contributed by atoms with Crippen molar-refractivity contribution in [1.29, 1.82) is 5.26 Å². The molecule has 0 spiro atoms. The van der Waals surface area contributed by atoms with Crippen LogP contribution in [0, 0.1) is 11.3 Å². The molecule has 1 aromatic heterocycles. The van der Waals surface area contributed by atoms with E-state index >= 15 is 0 Å². The van der Waals surface area contributed by atoms with Gasteiger partial charge in [0, 0.05) is 5.56 Å². The Hall–Kier alpha value is -2.87. The first kappa shape index (κ1) is 12.6. The van der Waals surface area contributed by atoms with Crippen LogP contribution in [0.4, 0.5) is 5.82 Å². The number of benzene rings is 1. The van der Waals surface area contributed by atoms with E-state index in [4.69, 9.17) is 15.7 Å². The summed E-state index contributed by atoms with van der Waals surface area (Å²) in [5, 5.41) is 8.90. The fourth-order valence-electron chi connectivity index (χ4n) is 1.71. The summed E-state index contributed by atoms with van der Waals surface area (Å²) in [6.45, 7) is 0. The molecular weight excluding hydrogens is 242 g/mol. The van der Waals surface area contributed by atoms with Crippen LogP contribution in [0.3, 0.4) is 0 Å². The number of esters is 1. The predicted molar refractivity (Wildman–Crippen MR) is 70.1 cm³/mol. The lowest BCUT2D eigenvalue weighted by Gasteiger charge is -2.08. The zero-order chi connectivity index (χ0) is 13.8. The number of nitrogen functional groups attached to an aromatic ring is 1. The molecule has 1 aromatic carbocycles. The van der Waals surface area contributed by atoms with Gasteiger partial charge in [-0.2, -0.15) is 5.26 Å². The van der Waals surface area contributed by atoms with Gasteiger partial charge >= 0.3 is 5.97 Å². The van der Waals surface area contributed by atoms with E-state index in [0.717, 1.165) is 0 Å². The number of hydrogen-bond acceptors (Lipinski definition) is 5. The Morgan fingerprint density at radius 1 is 1.37 bits per heavy atom. The lowest BCUT2D eigenvalue weighted by atomic mass is 10.0. The fourth-order valence-corrected chi connectivity index (χ4v) is 1.71. The Bertz CT molecular complexity index is 675. The quantitative estimate of drug-likeness (QED) is 0.826. The lowest BCUT2D eigenvalue weighted by Crippen LogP contribution is -2.06. The molecule has 2 aromatic rings. The van der Waals surface area contributed by atoms with Crippen LogP contribution in [0.1, 0.15) is 15.9 Å². The number of pyridine rings is 1. The van der Waals surface area contributed by atoms with Crippen molar-refractivity contribution in [3.63, 3.8) is 0 Å². The molecule has 0 aliphatic rings. The number of aromatic nitrogens is 1. The number of nitrogens with zero attached hydrogens (tertiary/aromatic N) is 2. The highest BCUT2D eigenvalue weighted by atomic mass is 16.5. The average Bonchev–Trinajstić information content (AvgIpc) is 2.46. The van der Waals surface area contributed by atoms with E-state index < -0.39 is 5.97 Å². The van der Waals surface area contributed by atoms with Gasteiger partial charge in [0.2, 0.25) is 0 Å². The summed E-state index contributed by atoms with van der Waals surface area (Å²) < 4.78 is 4.71. The van der Waals surface area contributed by atoms with Crippen molar-refractivity contribution in [3.05, 3.63) is 47.5 Å². The lowest BCUT2D eigenvalue weighted by molar-refractivity contribution is 0.0601. The normalized spacial score (nSPS) is 9.68. The van der Waals surface area contributed by atoms with Gasteiger partial charge in [-0.1, -0.05) is 12.1 Å². The molecule has 5 nitrogen and oxygen atoms in total. The molecular formula is C14H11N3O2. The number of hydrogen-bond donors (Lipinski definition) is 1. The van der Waals surface area contributed by atoms with E-state index in [1.807, 2.05) is 6.07 Å². The smallest absolute Gasteiger partial charge is 0.340 e. The van der Waals surface area contributed by atoms with Gasteiger partial charge in [0.25, 0.3) is 0 Å². The molecule has 0 radical (unpaired) electrons. The first-order chi connectivity index (χ1) is 9.15. The maximum Gasteiger partial charge on any atom is 0.340 e. The number of nitrogens with two attached hydrogens (primary N) is 1. The van der Waals surface area contributed by atoms with Gasteiger partial charge in [0.15, 0.2) is 0 Å². The number of carbonyl (C=O) groups excluding carboxylic acids is 1. The predicted octanol–water partition coefficient (Wildman–Crippen LogP) is 1.99. The number of ether oxygens (including phenoxy) is 1. The highest BCUT2D eigenvalue weighted by molar-refractivity contribution is 5.96. The third-order valence-corrected chi connectivity index (χ3v) is 2.59. The largest absolute Gasteiger partial charge is 0.465 e. The molecule has 0 unspecified atom stereocenters. The maximum absolute atomic E-state index is 11.7. The molecule has 2 N–H and O–H groups in total. The third-order valence-electron chi connectivity index (χ3n) is 2.59. The maximum atomic E-state index is 11.7. The Morgan fingerprint density at radius 2 is 2.16 bits per heavy atom. The van der Waals surface area contributed by atoms with Crippen molar-refractivity contribution in [1.82, 2.24) is 4.98 Å². The summed E-state index contributed by atoms with van der Waals surface area (Å²) in [7, 11) is 1.30. The molecule has 0 aliphatic heterocycles. The van der Waals surface area contributed by atoms with Crippen LogP contribution in [0.5, 0.6) is 0 Å². The van der Waals surface area contributed by atoms with Crippen molar-refractivity contribution < 1.29 is 9.53 Å². The Morgan fingerprint density at radius 3 is 2.84 bits per heavy atom. The number of rotatable bonds is 2. The van der Waals surface area contributed by atoms with E-state index in [0.29, 0.717) is 28.2 Å². The highest BCUT2D eigenvalue weighted by Crippen LogP contribution is 2.24. The zero-order valence-electron chi connectivity index (χ0n) is 10.3. The topological polar surface area (TPSA) is 89.0 Å². The molecule has 0 saturated carbocycles. The molecule has 0 fully saturated rings. The number of anilines is 1. The number of methoxy groups -OCH3 is 1. The van der Waals surface area contributed by atoms with Gasteiger partial charge in [0.1, 0.15) is 5.82 Å². The minimum Gasteiger partial charge on any atom is -0.465 e. The molecule has 0 amide bonds. The first-order valence-corrected chi connectivity index (χ1v) is 5.51. The minimum absolute atomic E-state index is 0.296. The van der Waals surface area contributed by atoms with Crippen LogP contribution in [0.15, 0.2) is 36.4 Å². The van der Waals surface area contributed by atoms with Crippen molar-refractivity contribution >= 4 is 11.8 Å². The van der Waals surface area contributed by atoms with E-state index in [-0.39, 0.29) is 0 Å². The number of nitriles is 1. The van der Waals surface area contributed by atoms with Gasteiger partial charge in [-0.05, 0) is 24.3 Å². The third kappa shape index (κ3) is 2.53. The van der Waals surface area contributed by atoms with Crippen LogP contribution in [0.2, 0.25) is 0 Å². The van der Waals surface area contributed by atoms with Crippen LogP contribution >= 0.6 is 0 Å². The summed E-state index contributed by atoms with van der Waals surface area (Å²) in [6.07, 6.45) is 0. The first-order valence-electron chi connectivity index (χ1n) is 5.51. The van der Waals surface area contributed by atoms with Crippen LogP contribution in [-0.4, -0.2) is 18.1 Å². The Kier molecular flexibility index (Phi) is 3.44. The molecule has 0 aliphatic carbocycles. The van der Waals surface area contributed by atoms with Gasteiger partial charge in [-0.25, -0.2) is 9.78 Å². The molecule has 94 valence electrons. The summed E-state index contributed by atoms with van der Waals surface area (Å²) >= 11 is 0.